The van der Waals surface area contributed by atoms with Crippen LogP contribution in [0.25, 0.3) is 11.4 Å². The molecule has 2 amide bonds. The molecule has 7 nitrogen and oxygen atoms in total. The third kappa shape index (κ3) is 2.95. The van der Waals surface area contributed by atoms with Crippen LogP contribution < -0.4 is 4.90 Å². The Kier molecular flexibility index (Phi) is 4.18. The fourth-order valence-electron chi connectivity index (χ4n) is 3.11. The number of benzene rings is 2. The molecule has 1 N–H and O–H groups in total. The van der Waals surface area contributed by atoms with Crippen LogP contribution in [0.2, 0.25) is 0 Å². The van der Waals surface area contributed by atoms with E-state index >= 15 is 0 Å². The topological polar surface area (TPSA) is 82.2 Å². The number of rotatable bonds is 3. The second-order valence-electron chi connectivity index (χ2n) is 5.99. The van der Waals surface area contributed by atoms with Crippen LogP contribution in [0.4, 0.5) is 5.69 Å². The summed E-state index contributed by atoms with van der Waals surface area (Å²) >= 11 is 0. The number of hydrogen-bond donors (Lipinski definition) is 1. The maximum absolute atomic E-state index is 13.0. The molecular weight excluding hydrogens is 330 g/mol. The van der Waals surface area contributed by atoms with Crippen molar-refractivity contribution in [1.29, 1.82) is 0 Å². The summed E-state index contributed by atoms with van der Waals surface area (Å²) in [4.78, 5) is 33.0. The fourth-order valence-corrected chi connectivity index (χ4v) is 3.11. The van der Waals surface area contributed by atoms with E-state index in [1.807, 2.05) is 42.5 Å². The van der Waals surface area contributed by atoms with Gasteiger partial charge in [0.05, 0.1) is 5.56 Å². The summed E-state index contributed by atoms with van der Waals surface area (Å²) in [6, 6.07) is 16.7. The molecule has 1 aliphatic heterocycles. The molecule has 0 spiro atoms. The van der Waals surface area contributed by atoms with Crippen molar-refractivity contribution in [1.82, 2.24) is 20.1 Å². The lowest BCUT2D eigenvalue weighted by Crippen LogP contribution is -2.52. The van der Waals surface area contributed by atoms with Crippen LogP contribution >= 0.6 is 0 Å². The van der Waals surface area contributed by atoms with Crippen LogP contribution in [0.5, 0.6) is 0 Å². The fraction of sp³-hybridized carbons (Fsp3) is 0.158. The minimum absolute atomic E-state index is 0.0540. The van der Waals surface area contributed by atoms with E-state index < -0.39 is 0 Å². The summed E-state index contributed by atoms with van der Waals surface area (Å²) in [5, 5.41) is 6.63. The maximum atomic E-state index is 13.0. The Labute approximate surface area is 150 Å². The van der Waals surface area contributed by atoms with Crippen molar-refractivity contribution in [2.75, 3.05) is 24.5 Å². The number of para-hydroxylation sites is 1. The monoisotopic (exact) mass is 347 g/mol. The molecule has 0 unspecified atom stereocenters. The number of aromatic nitrogens is 3. The van der Waals surface area contributed by atoms with E-state index in [1.54, 1.807) is 21.9 Å². The average Bonchev–Trinajstić information content (AvgIpc) is 3.23. The number of hydrogen-bond acceptors (Lipinski definition) is 4. The minimum atomic E-state index is -0.182. The minimum Gasteiger partial charge on any atom is -0.328 e. The third-order valence-corrected chi connectivity index (χ3v) is 4.40. The Bertz CT molecular complexity index is 924. The smallest absolute Gasteiger partial charge is 0.255 e. The zero-order chi connectivity index (χ0) is 17.9. The largest absolute Gasteiger partial charge is 0.328 e. The highest BCUT2D eigenvalue weighted by molar-refractivity contribution is 6.04. The summed E-state index contributed by atoms with van der Waals surface area (Å²) in [6.07, 6.45) is 1.40. The molecule has 2 heterocycles. The quantitative estimate of drug-likeness (QED) is 0.785. The molecule has 4 rings (SSSR count). The van der Waals surface area contributed by atoms with Gasteiger partial charge in [-0.25, -0.2) is 4.98 Å². The maximum Gasteiger partial charge on any atom is 0.255 e. The standard InChI is InChI=1S/C19H17N5O2/c25-17-12-23(10-11-24(17)14-6-2-1-3-7-14)19(26)16-9-5-4-8-15(16)18-20-13-21-22-18/h1-9,13H,10-12H2,(H,20,21,22). The highest BCUT2D eigenvalue weighted by Crippen LogP contribution is 2.23. The molecule has 1 aliphatic rings. The number of carbonyl (C=O) groups is 2. The van der Waals surface area contributed by atoms with Crippen molar-refractivity contribution < 1.29 is 9.59 Å². The SMILES string of the molecule is O=C(c1ccccc1-c1ncn[nH]1)N1CCN(c2ccccc2)C(=O)C1. The van der Waals surface area contributed by atoms with E-state index in [1.165, 1.54) is 6.33 Å². The van der Waals surface area contributed by atoms with Gasteiger partial charge >= 0.3 is 0 Å². The molecule has 1 aromatic heterocycles. The molecule has 7 heteroatoms. The lowest BCUT2D eigenvalue weighted by Gasteiger charge is -2.34. The van der Waals surface area contributed by atoms with Crippen LogP contribution in [0.1, 0.15) is 10.4 Å². The van der Waals surface area contributed by atoms with Crippen LogP contribution in [-0.2, 0) is 4.79 Å². The Morgan fingerprint density at radius 1 is 1.00 bits per heavy atom. The molecule has 2 aromatic carbocycles. The summed E-state index contributed by atoms with van der Waals surface area (Å²) in [5.41, 5.74) is 2.03. The van der Waals surface area contributed by atoms with Gasteiger partial charge in [-0.05, 0) is 18.2 Å². The zero-order valence-corrected chi connectivity index (χ0v) is 14.0. The number of aromatic amines is 1. The highest BCUT2D eigenvalue weighted by Gasteiger charge is 2.29. The second kappa shape index (κ2) is 6.79. The molecule has 0 aliphatic carbocycles. The molecule has 1 fully saturated rings. The first-order chi connectivity index (χ1) is 12.7. The Morgan fingerprint density at radius 3 is 2.50 bits per heavy atom. The summed E-state index contributed by atoms with van der Waals surface area (Å²) in [7, 11) is 0. The van der Waals surface area contributed by atoms with Crippen molar-refractivity contribution >= 4 is 17.5 Å². The molecule has 130 valence electrons. The predicted molar refractivity (Wildman–Crippen MR) is 96.5 cm³/mol. The number of anilines is 1. The van der Waals surface area contributed by atoms with E-state index in [0.29, 0.717) is 30.0 Å². The summed E-state index contributed by atoms with van der Waals surface area (Å²) in [6.45, 7) is 1.00. The van der Waals surface area contributed by atoms with Gasteiger partial charge < -0.3 is 9.80 Å². The van der Waals surface area contributed by atoms with Crippen molar-refractivity contribution in [3.63, 3.8) is 0 Å². The summed E-state index contributed by atoms with van der Waals surface area (Å²) in [5.74, 6) is 0.259. The van der Waals surface area contributed by atoms with E-state index in [9.17, 15) is 9.59 Å². The molecular formula is C19H17N5O2. The average molecular weight is 347 g/mol. The Morgan fingerprint density at radius 2 is 1.77 bits per heavy atom. The number of amides is 2. The zero-order valence-electron chi connectivity index (χ0n) is 14.0. The number of carbonyl (C=O) groups excluding carboxylic acids is 2. The van der Waals surface area contributed by atoms with Crippen molar-refractivity contribution in [2.45, 2.75) is 0 Å². The van der Waals surface area contributed by atoms with Gasteiger partial charge in [0.25, 0.3) is 5.91 Å². The van der Waals surface area contributed by atoms with Crippen molar-refractivity contribution in [2.24, 2.45) is 0 Å². The van der Waals surface area contributed by atoms with Gasteiger partial charge in [0.1, 0.15) is 12.9 Å². The molecule has 3 aromatic rings. The molecule has 0 radical (unpaired) electrons. The van der Waals surface area contributed by atoms with Crippen LogP contribution in [0, 0.1) is 0 Å². The van der Waals surface area contributed by atoms with Gasteiger partial charge in [-0.2, -0.15) is 5.10 Å². The first kappa shape index (κ1) is 16.0. The second-order valence-corrected chi connectivity index (χ2v) is 5.99. The lowest BCUT2D eigenvalue weighted by molar-refractivity contribution is -0.120. The Balaban J connectivity index is 1.55. The van der Waals surface area contributed by atoms with Crippen molar-refractivity contribution in [3.8, 4) is 11.4 Å². The van der Waals surface area contributed by atoms with E-state index in [-0.39, 0.29) is 18.4 Å². The predicted octanol–water partition coefficient (Wildman–Crippen LogP) is 1.96. The van der Waals surface area contributed by atoms with Gasteiger partial charge in [-0.3, -0.25) is 14.7 Å². The first-order valence-corrected chi connectivity index (χ1v) is 8.33. The Hall–Kier alpha value is -3.48. The van der Waals surface area contributed by atoms with Gasteiger partial charge in [0.15, 0.2) is 5.82 Å². The number of nitrogens with zero attached hydrogens (tertiary/aromatic N) is 4. The number of piperazine rings is 1. The van der Waals surface area contributed by atoms with E-state index in [0.717, 1.165) is 5.69 Å². The molecule has 0 atom stereocenters. The highest BCUT2D eigenvalue weighted by atomic mass is 16.2. The van der Waals surface area contributed by atoms with E-state index in [2.05, 4.69) is 15.2 Å². The third-order valence-electron chi connectivity index (χ3n) is 4.40. The number of H-pyrrole nitrogens is 1. The van der Waals surface area contributed by atoms with Gasteiger partial charge in [0.2, 0.25) is 5.91 Å². The first-order valence-electron chi connectivity index (χ1n) is 8.33. The summed E-state index contributed by atoms with van der Waals surface area (Å²) < 4.78 is 0. The lowest BCUT2D eigenvalue weighted by atomic mass is 10.1. The van der Waals surface area contributed by atoms with Crippen LogP contribution in [-0.4, -0.2) is 51.5 Å². The normalized spacial score (nSPS) is 14.5. The molecule has 0 saturated carbocycles. The molecule has 0 bridgehead atoms. The van der Waals surface area contributed by atoms with Gasteiger partial charge in [-0.15, -0.1) is 0 Å². The van der Waals surface area contributed by atoms with Crippen LogP contribution in [0.3, 0.4) is 0 Å². The van der Waals surface area contributed by atoms with Crippen molar-refractivity contribution in [3.05, 3.63) is 66.5 Å². The van der Waals surface area contributed by atoms with Gasteiger partial charge in [0, 0.05) is 24.3 Å². The molecule has 26 heavy (non-hydrogen) atoms. The number of nitrogens with one attached hydrogen (secondary N) is 1. The van der Waals surface area contributed by atoms with Crippen LogP contribution in [0.15, 0.2) is 60.9 Å². The van der Waals surface area contributed by atoms with E-state index in [4.69, 9.17) is 0 Å². The molecule has 1 saturated heterocycles. The van der Waals surface area contributed by atoms with Gasteiger partial charge in [-0.1, -0.05) is 36.4 Å².